The van der Waals surface area contributed by atoms with Crippen LogP contribution >= 0.6 is 11.3 Å². The minimum Gasteiger partial charge on any atom is -0.493 e. The lowest BCUT2D eigenvalue weighted by molar-refractivity contribution is -0.139. The molecule has 11 heteroatoms. The van der Waals surface area contributed by atoms with Crippen LogP contribution in [-0.2, 0) is 9.53 Å². The molecule has 0 bridgehead atoms. The Kier molecular flexibility index (Phi) is 8.29. The molecule has 0 radical (unpaired) electrons. The van der Waals surface area contributed by atoms with Crippen molar-refractivity contribution in [2.75, 3.05) is 42.2 Å². The number of esters is 1. The quantitative estimate of drug-likeness (QED) is 0.372. The number of ether oxygens (including phenoxy) is 6. The Balaban J connectivity index is 2.03. The molecule has 1 atom stereocenters. The highest BCUT2D eigenvalue weighted by molar-refractivity contribution is 7.07. The maximum absolute atomic E-state index is 14.0. The summed E-state index contributed by atoms with van der Waals surface area (Å²) in [4.78, 5) is 32.2. The van der Waals surface area contributed by atoms with E-state index in [9.17, 15) is 9.59 Å². The highest BCUT2D eigenvalue weighted by atomic mass is 32.1. The van der Waals surface area contributed by atoms with Gasteiger partial charge in [0.1, 0.15) is 0 Å². The van der Waals surface area contributed by atoms with E-state index in [1.54, 1.807) is 45.2 Å². The van der Waals surface area contributed by atoms with E-state index in [4.69, 9.17) is 28.4 Å². The second kappa shape index (κ2) is 11.6. The van der Waals surface area contributed by atoms with E-state index in [1.165, 1.54) is 44.3 Å². The van der Waals surface area contributed by atoms with Gasteiger partial charge in [-0.15, -0.1) is 0 Å². The first-order valence-corrected chi connectivity index (χ1v) is 12.9. The minimum atomic E-state index is -0.858. The van der Waals surface area contributed by atoms with Gasteiger partial charge >= 0.3 is 5.97 Å². The van der Waals surface area contributed by atoms with E-state index in [-0.39, 0.29) is 17.7 Å². The number of thiazole rings is 1. The average Bonchev–Trinajstić information content (AvgIpc) is 3.24. The lowest BCUT2D eigenvalue weighted by atomic mass is 9.95. The third-order valence-electron chi connectivity index (χ3n) is 6.24. The van der Waals surface area contributed by atoms with Crippen molar-refractivity contribution in [1.82, 2.24) is 4.57 Å². The molecule has 206 valence electrons. The van der Waals surface area contributed by atoms with Crippen LogP contribution in [0.5, 0.6) is 28.7 Å². The Morgan fingerprint density at radius 2 is 1.62 bits per heavy atom. The van der Waals surface area contributed by atoms with E-state index in [0.29, 0.717) is 54.9 Å². The van der Waals surface area contributed by atoms with Gasteiger partial charge in [-0.25, -0.2) is 9.79 Å². The number of hydrogen-bond acceptors (Lipinski definition) is 10. The second-order valence-electron chi connectivity index (χ2n) is 8.34. The normalized spacial score (nSPS) is 14.8. The fourth-order valence-corrected chi connectivity index (χ4v) is 5.57. The Morgan fingerprint density at radius 3 is 2.18 bits per heavy atom. The van der Waals surface area contributed by atoms with Crippen molar-refractivity contribution < 1.29 is 33.2 Å². The molecular weight excluding hydrogens is 524 g/mol. The molecule has 10 nitrogen and oxygen atoms in total. The van der Waals surface area contributed by atoms with Crippen LogP contribution in [0.15, 0.2) is 51.4 Å². The van der Waals surface area contributed by atoms with Crippen LogP contribution < -0.4 is 38.6 Å². The highest BCUT2D eigenvalue weighted by Crippen LogP contribution is 2.42. The summed E-state index contributed by atoms with van der Waals surface area (Å²) in [5.41, 5.74) is 1.57. The van der Waals surface area contributed by atoms with Gasteiger partial charge in [-0.05, 0) is 43.7 Å². The van der Waals surface area contributed by atoms with Crippen LogP contribution in [0, 0.1) is 0 Å². The number of methoxy groups -OCH3 is 5. The van der Waals surface area contributed by atoms with Gasteiger partial charge in [0, 0.05) is 5.56 Å². The van der Waals surface area contributed by atoms with Crippen molar-refractivity contribution in [1.29, 1.82) is 0 Å². The van der Waals surface area contributed by atoms with E-state index < -0.39 is 12.0 Å². The van der Waals surface area contributed by atoms with Gasteiger partial charge in [0.15, 0.2) is 27.8 Å². The van der Waals surface area contributed by atoms with Crippen LogP contribution in [0.25, 0.3) is 6.08 Å². The first-order chi connectivity index (χ1) is 18.8. The van der Waals surface area contributed by atoms with Crippen LogP contribution in [0.3, 0.4) is 0 Å². The van der Waals surface area contributed by atoms with E-state index >= 15 is 0 Å². The molecule has 1 aliphatic rings. The monoisotopic (exact) mass is 554 g/mol. The van der Waals surface area contributed by atoms with Gasteiger partial charge in [0.05, 0.1) is 64.0 Å². The third kappa shape index (κ3) is 4.97. The molecule has 0 aliphatic carbocycles. The van der Waals surface area contributed by atoms with Crippen molar-refractivity contribution in [2.24, 2.45) is 4.99 Å². The van der Waals surface area contributed by atoms with Gasteiger partial charge in [0.25, 0.3) is 5.56 Å². The molecule has 2 aromatic carbocycles. The van der Waals surface area contributed by atoms with Gasteiger partial charge in [-0.1, -0.05) is 23.5 Å². The number of hydrogen-bond donors (Lipinski definition) is 0. The molecule has 0 amide bonds. The summed E-state index contributed by atoms with van der Waals surface area (Å²) in [6.45, 7) is 3.61. The number of rotatable bonds is 9. The smallest absolute Gasteiger partial charge is 0.338 e. The molecule has 1 aliphatic heterocycles. The molecule has 3 aromatic rings. The molecule has 4 rings (SSSR count). The molecular formula is C28H30N2O8S. The van der Waals surface area contributed by atoms with Gasteiger partial charge in [-0.2, -0.15) is 0 Å². The van der Waals surface area contributed by atoms with E-state index in [1.807, 2.05) is 12.1 Å². The average molecular weight is 555 g/mol. The summed E-state index contributed by atoms with van der Waals surface area (Å²) in [5, 5.41) is 0. The summed E-state index contributed by atoms with van der Waals surface area (Å²) in [6.07, 6.45) is 1.72. The van der Waals surface area contributed by atoms with E-state index in [2.05, 4.69) is 4.99 Å². The predicted octanol–water partition coefficient (Wildman–Crippen LogP) is 2.84. The van der Waals surface area contributed by atoms with E-state index in [0.717, 1.165) is 0 Å². The summed E-state index contributed by atoms with van der Waals surface area (Å²) in [5.74, 6) is 1.62. The van der Waals surface area contributed by atoms with Crippen molar-refractivity contribution >= 4 is 23.4 Å². The number of nitrogens with zero attached hydrogens (tertiary/aromatic N) is 2. The zero-order valence-corrected chi connectivity index (χ0v) is 23.6. The van der Waals surface area contributed by atoms with Crippen LogP contribution in [0.4, 0.5) is 0 Å². The molecule has 0 fully saturated rings. The first-order valence-electron chi connectivity index (χ1n) is 12.0. The second-order valence-corrected chi connectivity index (χ2v) is 9.35. The molecule has 2 heterocycles. The zero-order chi connectivity index (χ0) is 28.3. The lowest BCUT2D eigenvalue weighted by Gasteiger charge is -2.26. The molecule has 39 heavy (non-hydrogen) atoms. The largest absolute Gasteiger partial charge is 0.493 e. The van der Waals surface area contributed by atoms with Gasteiger partial charge in [0.2, 0.25) is 5.75 Å². The molecule has 0 N–H and O–H groups in total. The predicted molar refractivity (Wildman–Crippen MR) is 146 cm³/mol. The number of carbonyl (C=O) groups excluding carboxylic acids is 1. The summed E-state index contributed by atoms with van der Waals surface area (Å²) >= 11 is 1.20. The maximum atomic E-state index is 14.0. The Bertz CT molecular complexity index is 1590. The number of benzene rings is 2. The number of fused-ring (bicyclic) bond motifs is 1. The van der Waals surface area contributed by atoms with Crippen LogP contribution in [0.2, 0.25) is 0 Å². The van der Waals surface area contributed by atoms with Crippen LogP contribution in [-0.4, -0.2) is 52.7 Å². The maximum Gasteiger partial charge on any atom is 0.338 e. The summed E-state index contributed by atoms with van der Waals surface area (Å²) < 4.78 is 34.8. The van der Waals surface area contributed by atoms with Gasteiger partial charge in [-0.3, -0.25) is 9.36 Å². The Hall–Kier alpha value is -4.25. The fraction of sp³-hybridized carbons (Fsp3) is 0.321. The lowest BCUT2D eigenvalue weighted by Crippen LogP contribution is -2.40. The van der Waals surface area contributed by atoms with Crippen LogP contribution in [0.1, 0.15) is 31.0 Å². The minimum absolute atomic E-state index is 0.164. The van der Waals surface area contributed by atoms with Crippen molar-refractivity contribution in [3.05, 3.63) is 72.4 Å². The third-order valence-corrected chi connectivity index (χ3v) is 7.22. The number of aromatic nitrogens is 1. The fourth-order valence-electron chi connectivity index (χ4n) is 4.53. The molecule has 0 saturated heterocycles. The topological polar surface area (TPSA) is 107 Å². The molecule has 0 saturated carbocycles. The summed E-state index contributed by atoms with van der Waals surface area (Å²) in [7, 11) is 7.59. The standard InChI is InChI=1S/C28H30N2O8S/c1-8-38-27(32)22-15(2)29-28-30(23(22)17-12-19(34-4)25(37-7)20(13-17)35-5)26(31)21(39-28)14-16-10-9-11-18(33-3)24(16)36-6/h9-14,23H,8H2,1-7H3/t23-/m1/s1. The zero-order valence-electron chi connectivity index (χ0n) is 22.8. The van der Waals surface area contributed by atoms with Crippen molar-refractivity contribution in [3.8, 4) is 28.7 Å². The van der Waals surface area contributed by atoms with Gasteiger partial charge < -0.3 is 28.4 Å². The highest BCUT2D eigenvalue weighted by Gasteiger charge is 2.34. The number of para-hydroxylation sites is 1. The SMILES string of the molecule is CCOC(=O)C1=C(C)N=c2sc(=Cc3cccc(OC)c3OC)c(=O)n2[C@@H]1c1cc(OC)c(OC)c(OC)c1. The summed E-state index contributed by atoms with van der Waals surface area (Å²) in [6, 6.07) is 7.98. The Labute approximate surface area is 229 Å². The first kappa shape index (κ1) is 27.8. The van der Waals surface area contributed by atoms with Crippen molar-refractivity contribution in [2.45, 2.75) is 19.9 Å². The number of carbonyl (C=O) groups is 1. The number of allylic oxidation sites excluding steroid dienone is 1. The molecule has 0 unspecified atom stereocenters. The Morgan fingerprint density at radius 1 is 0.974 bits per heavy atom. The molecule has 1 aromatic heterocycles. The molecule has 0 spiro atoms. The van der Waals surface area contributed by atoms with Crippen molar-refractivity contribution in [3.63, 3.8) is 0 Å².